The van der Waals surface area contributed by atoms with Crippen molar-refractivity contribution in [3.8, 4) is 0 Å². The van der Waals surface area contributed by atoms with Gasteiger partial charge in [0.25, 0.3) is 0 Å². The number of anilines is 2. The monoisotopic (exact) mass is 1570 g/mol. The number of amides is 10. The van der Waals surface area contributed by atoms with Gasteiger partial charge in [-0.1, -0.05) is 156 Å². The molecule has 2 aliphatic carbocycles. The molecule has 2 saturated carbocycles. The highest BCUT2D eigenvalue weighted by Gasteiger charge is 2.62. The molecule has 3 unspecified atom stereocenters. The predicted molar refractivity (Wildman–Crippen MR) is 445 cm³/mol. The van der Waals surface area contributed by atoms with Gasteiger partial charge in [0.05, 0.1) is 12.1 Å². The van der Waals surface area contributed by atoms with Gasteiger partial charge in [0.15, 0.2) is 0 Å². The van der Waals surface area contributed by atoms with Crippen molar-refractivity contribution in [2.45, 2.75) is 281 Å². The fraction of sp³-hybridized carbons (Fsp3) is 0.570. The molecule has 5 aromatic carbocycles. The van der Waals surface area contributed by atoms with Gasteiger partial charge in [-0.3, -0.25) is 99.0 Å². The van der Waals surface area contributed by atoms with Gasteiger partial charge in [-0.05, 0) is 204 Å². The van der Waals surface area contributed by atoms with E-state index in [0.29, 0.717) is 64.2 Å². The number of piperazine rings is 1. The zero-order valence-corrected chi connectivity index (χ0v) is 70.8. The topological polar surface area (TPSA) is 262 Å². The third kappa shape index (κ3) is 19.7. The number of carbonyl (C=O) groups excluding carboxylic acids is 10. The molecular formula is C93H124N12O10. The highest BCUT2D eigenvalue weighted by Crippen LogP contribution is 2.51. The van der Waals surface area contributed by atoms with Crippen molar-refractivity contribution in [3.63, 3.8) is 0 Å². The average Bonchev–Trinajstić information content (AvgIpc) is 1.68. The average molecular weight is 1570 g/mol. The van der Waals surface area contributed by atoms with Crippen LogP contribution in [-0.2, 0) is 126 Å². The van der Waals surface area contributed by atoms with Crippen LogP contribution in [0, 0.1) is 33.5 Å². The summed E-state index contributed by atoms with van der Waals surface area (Å²) in [6, 6.07) is 34.0. The van der Waals surface area contributed by atoms with E-state index < -0.39 is 11.1 Å². The smallest absolute Gasteiger partial charge is 0.249 e. The maximum atomic E-state index is 12.4. The van der Waals surface area contributed by atoms with Gasteiger partial charge in [-0.25, -0.2) is 0 Å². The van der Waals surface area contributed by atoms with Crippen molar-refractivity contribution in [3.05, 3.63) is 164 Å². The maximum absolute atomic E-state index is 12.4. The van der Waals surface area contributed by atoms with Crippen LogP contribution < -0.4 is 36.8 Å². The van der Waals surface area contributed by atoms with Crippen molar-refractivity contribution in [2.24, 2.45) is 33.5 Å². The van der Waals surface area contributed by atoms with Crippen LogP contribution in [0.1, 0.15) is 235 Å². The summed E-state index contributed by atoms with van der Waals surface area (Å²) in [5.41, 5.74) is 18.7. The first-order valence-electron chi connectivity index (χ1n) is 42.0. The SMILES string of the molecule is CC(C)(C)Cc1ccc2c(c1)CN(C13CC(C1)C(=O)NC3=O)C2.CC(C)(C)Cc1ccc2c(c1)CN(C1CCC(=O)NC1=O)C2.CC(C)(C)Cc1cccc2c1CN(C13CC(C1)C(=O)NC3=O)C2.CC(C)(C)Cc1cccc2c1CN(C1CCC(=O)NC1=O)C2.CC(C)(C)N1CCN(c2ccc(NC3CCC(=O)NC3=O)cc2)CC1. The molecule has 115 heavy (non-hydrogen) atoms. The molecule has 22 nitrogen and oxygen atoms in total. The Morgan fingerprint density at radius 2 is 0.783 bits per heavy atom. The van der Waals surface area contributed by atoms with Crippen molar-refractivity contribution in [2.75, 3.05) is 36.4 Å². The Morgan fingerprint density at radius 1 is 0.383 bits per heavy atom. The minimum Gasteiger partial charge on any atom is -0.374 e. The van der Waals surface area contributed by atoms with Gasteiger partial charge in [0.2, 0.25) is 59.1 Å². The molecule has 22 heteroatoms. The molecule has 5 aromatic rings. The number of nitrogens with zero attached hydrogens (tertiary/aromatic N) is 6. The molecular weight excluding hydrogens is 1450 g/mol. The lowest BCUT2D eigenvalue weighted by atomic mass is 9.63. The number of piperidine rings is 7. The van der Waals surface area contributed by atoms with E-state index in [0.717, 1.165) is 110 Å². The quantitative estimate of drug-likeness (QED) is 0.0672. The highest BCUT2D eigenvalue weighted by atomic mass is 16.2. The molecule has 0 radical (unpaired) electrons. The zero-order valence-electron chi connectivity index (χ0n) is 70.8. The van der Waals surface area contributed by atoms with Crippen LogP contribution in [0.2, 0.25) is 0 Å². The largest absolute Gasteiger partial charge is 0.374 e. The summed E-state index contributed by atoms with van der Waals surface area (Å²) in [4.78, 5) is 132. The van der Waals surface area contributed by atoms with Crippen LogP contribution in [0.3, 0.4) is 0 Å². The zero-order chi connectivity index (χ0) is 82.6. The lowest BCUT2D eigenvalue weighted by Gasteiger charge is -2.54. The van der Waals surface area contributed by atoms with E-state index in [-0.39, 0.29) is 116 Å². The molecule has 12 aliphatic heterocycles. The minimum atomic E-state index is -0.448. The van der Waals surface area contributed by atoms with Gasteiger partial charge in [0, 0.05) is 127 Å². The highest BCUT2D eigenvalue weighted by molar-refractivity contribution is 6.08. The Balaban J connectivity index is 0.000000125. The van der Waals surface area contributed by atoms with Crippen LogP contribution in [0.25, 0.3) is 0 Å². The summed E-state index contributed by atoms with van der Waals surface area (Å²) in [7, 11) is 0. The Morgan fingerprint density at radius 3 is 1.24 bits per heavy atom. The molecule has 0 aromatic heterocycles. The van der Waals surface area contributed by atoms with Crippen LogP contribution in [0.4, 0.5) is 11.4 Å². The van der Waals surface area contributed by atoms with Gasteiger partial charge < -0.3 is 10.2 Å². The first kappa shape index (κ1) is 84.1. The van der Waals surface area contributed by atoms with Crippen LogP contribution in [0.5, 0.6) is 0 Å². The van der Waals surface area contributed by atoms with Gasteiger partial charge in [0.1, 0.15) is 17.1 Å². The Bertz CT molecular complexity index is 4590. The Kier molecular flexibility index (Phi) is 24.1. The predicted octanol–water partition coefficient (Wildman–Crippen LogP) is 11.4. The summed E-state index contributed by atoms with van der Waals surface area (Å²) < 4.78 is 0. The summed E-state index contributed by atoms with van der Waals surface area (Å²) in [6.07, 6.45) is 10.1. The number of benzene rings is 5. The fourth-order valence-corrected chi connectivity index (χ4v) is 19.1. The maximum Gasteiger partial charge on any atom is 0.249 e. The minimum absolute atomic E-state index is 0.0328. The van der Waals surface area contributed by atoms with Crippen LogP contribution in [-0.4, -0.2) is 144 Å². The second-order valence-corrected chi connectivity index (χ2v) is 40.5. The first-order chi connectivity index (χ1) is 54.0. The summed E-state index contributed by atoms with van der Waals surface area (Å²) >= 11 is 0. The van der Waals surface area contributed by atoms with Crippen LogP contribution >= 0.6 is 0 Å². The Labute approximate surface area is 680 Å². The molecule has 8 saturated heterocycles. The van der Waals surface area contributed by atoms with Crippen LogP contribution in [0.15, 0.2) is 97.1 Å². The third-order valence-corrected chi connectivity index (χ3v) is 25.1. The molecule has 10 fully saturated rings. The lowest BCUT2D eigenvalue weighted by molar-refractivity contribution is -0.165. The Hall–Kier alpha value is -8.80. The normalized spacial score (nSPS) is 25.6. The van der Waals surface area contributed by atoms with E-state index in [1.807, 2.05) is 12.1 Å². The van der Waals surface area contributed by atoms with Crippen molar-refractivity contribution in [1.29, 1.82) is 0 Å². The van der Waals surface area contributed by atoms with Crippen molar-refractivity contribution >= 4 is 70.4 Å². The number of hydrogen-bond acceptors (Lipinski definition) is 17. The van der Waals surface area contributed by atoms with Gasteiger partial charge >= 0.3 is 0 Å². The van der Waals surface area contributed by atoms with E-state index in [4.69, 9.17) is 0 Å². The molecule has 3 atom stereocenters. The third-order valence-electron chi connectivity index (χ3n) is 25.1. The fourth-order valence-electron chi connectivity index (χ4n) is 19.1. The van der Waals surface area contributed by atoms with Crippen molar-refractivity contribution in [1.82, 2.24) is 51.1 Å². The molecule has 14 aliphatic rings. The first-order valence-corrected chi connectivity index (χ1v) is 42.0. The summed E-state index contributed by atoms with van der Waals surface area (Å²) in [5, 5.41) is 15.6. The number of carbonyl (C=O) groups is 10. The van der Waals surface area contributed by atoms with E-state index in [9.17, 15) is 47.9 Å². The van der Waals surface area contributed by atoms with Gasteiger partial charge in [-0.2, -0.15) is 0 Å². The summed E-state index contributed by atoms with van der Waals surface area (Å²) in [5.74, 6) is -1.27. The molecule has 6 N–H and O–H groups in total. The number of nitrogens with one attached hydrogen (secondary N) is 6. The molecule has 0 spiro atoms. The number of imide groups is 5. The molecule has 10 amide bonds. The molecule has 19 rings (SSSR count). The lowest BCUT2D eigenvalue weighted by Crippen LogP contribution is -2.72. The van der Waals surface area contributed by atoms with Crippen molar-refractivity contribution < 1.29 is 47.9 Å². The van der Waals surface area contributed by atoms with E-state index in [1.165, 1.54) is 72.4 Å². The van der Waals surface area contributed by atoms with E-state index in [1.54, 1.807) is 0 Å². The second-order valence-electron chi connectivity index (χ2n) is 40.5. The summed E-state index contributed by atoms with van der Waals surface area (Å²) in [6.45, 7) is 44.5. The number of fused-ring (bicyclic) bond motifs is 8. The molecule has 616 valence electrons. The van der Waals surface area contributed by atoms with E-state index in [2.05, 4.69) is 250 Å². The second kappa shape index (κ2) is 32.9. The number of rotatable bonds is 11. The van der Waals surface area contributed by atoms with E-state index >= 15 is 0 Å². The van der Waals surface area contributed by atoms with Gasteiger partial charge in [-0.15, -0.1) is 0 Å². The standard InChI is InChI=1S/C19H28N4O2.2C19H24N2O2.2C18H24N2O2/c1-19(2,3)23-12-10-22(11-13-23)15-6-4-14(5-7-15)20-16-8-9-17(24)21-18(16)25;1-18(2,3)7-12-4-5-13-10-21(11-14(13)6-12)19-8-15(9-19)16(22)20-17(19)23;1-18(2,3)7-12-5-4-6-13-10-21(11-15(12)13)19-8-14(9-19)16(22)20-17(19)23;1-18(2,3)9-12-4-5-13-10-20(11-14(13)8-12)15-6-7-16(21)19-17(15)22;1-18(2,3)9-12-5-4-6-13-10-20(11-14(12)13)15-7-8-16(21)19-17(15)22/h4-7,16,20H,8-13H2,1-3H3,(H,21,24,25);4-6,15H,7-11H2,1-3H3,(H,20,22,23);4-6,14H,7-11H2,1-3H3,(H,20,22,23);4-5,8,15H,6-7,9-11H2,1-3H3,(H,19,21,22);4-6,15H,7-11H2,1-3H3,(H,19,21,22). The molecule has 12 heterocycles. The molecule has 4 bridgehead atoms. The number of hydrogen-bond donors (Lipinski definition) is 6.